The molecular weight excluding hydrogens is 364 g/mol. The van der Waals surface area contributed by atoms with Gasteiger partial charge in [0.15, 0.2) is 0 Å². The van der Waals surface area contributed by atoms with Crippen LogP contribution in [0.1, 0.15) is 16.8 Å². The summed E-state index contributed by atoms with van der Waals surface area (Å²) in [6.45, 7) is 1.59. The van der Waals surface area contributed by atoms with E-state index in [4.69, 9.17) is 0 Å². The number of piperazine rings is 1. The second-order valence-electron chi connectivity index (χ2n) is 7.53. The van der Waals surface area contributed by atoms with Crippen LogP contribution in [0.3, 0.4) is 0 Å². The molecule has 2 heterocycles. The van der Waals surface area contributed by atoms with Gasteiger partial charge in [0, 0.05) is 37.0 Å². The Hall–Kier alpha value is -2.80. The maximum Gasteiger partial charge on any atom is 0.254 e. The molecule has 7 heteroatoms. The molecule has 2 aliphatic rings. The first-order chi connectivity index (χ1) is 13.4. The highest BCUT2D eigenvalue weighted by molar-refractivity contribution is 5.97. The third-order valence-corrected chi connectivity index (χ3v) is 5.73. The lowest BCUT2D eigenvalue weighted by Crippen LogP contribution is -2.64. The van der Waals surface area contributed by atoms with Crippen molar-refractivity contribution in [3.8, 4) is 0 Å². The average Bonchev–Trinajstić information content (AvgIpc) is 3.09. The zero-order valence-corrected chi connectivity index (χ0v) is 15.6. The van der Waals surface area contributed by atoms with Gasteiger partial charge in [-0.1, -0.05) is 18.2 Å². The zero-order chi connectivity index (χ0) is 19.9. The van der Waals surface area contributed by atoms with E-state index in [2.05, 4.69) is 0 Å². The van der Waals surface area contributed by atoms with Gasteiger partial charge in [0.25, 0.3) is 5.91 Å². The fourth-order valence-electron chi connectivity index (χ4n) is 4.13. The van der Waals surface area contributed by atoms with Crippen LogP contribution in [0.15, 0.2) is 48.5 Å². The Morgan fingerprint density at radius 2 is 1.71 bits per heavy atom. The first-order valence-electron chi connectivity index (χ1n) is 9.20. The first-order valence-corrected chi connectivity index (χ1v) is 9.20. The quantitative estimate of drug-likeness (QED) is 0.798. The molecule has 1 spiro atoms. The molecule has 0 aromatic heterocycles. The largest absolute Gasteiger partial charge is 0.337 e. The predicted octanol–water partition coefficient (Wildman–Crippen LogP) is 2.53. The van der Waals surface area contributed by atoms with Crippen molar-refractivity contribution in [2.45, 2.75) is 12.0 Å². The molecular formula is C21H21F2N3O2. The number of hydrogen-bond donors (Lipinski definition) is 0. The van der Waals surface area contributed by atoms with Crippen LogP contribution in [0.5, 0.6) is 0 Å². The number of para-hydroxylation sites is 1. The highest BCUT2D eigenvalue weighted by Crippen LogP contribution is 2.34. The molecule has 2 aromatic carbocycles. The number of carbonyl (C=O) groups excluding carboxylic acids is 2. The maximum absolute atomic E-state index is 13.5. The topological polar surface area (TPSA) is 43.9 Å². The molecule has 0 unspecified atom stereocenters. The Kier molecular flexibility index (Phi) is 4.63. The molecule has 0 N–H and O–H groups in total. The Balaban J connectivity index is 1.57. The lowest BCUT2D eigenvalue weighted by atomic mass is 9.92. The van der Waals surface area contributed by atoms with E-state index in [1.165, 1.54) is 0 Å². The number of hydrogen-bond acceptors (Lipinski definition) is 3. The highest BCUT2D eigenvalue weighted by Gasteiger charge is 2.48. The number of carbonyl (C=O) groups is 2. The van der Waals surface area contributed by atoms with Gasteiger partial charge in [0.2, 0.25) is 5.91 Å². The normalized spacial score (nSPS) is 22.9. The van der Waals surface area contributed by atoms with E-state index in [0.717, 1.165) is 23.9 Å². The monoisotopic (exact) mass is 385 g/mol. The SMILES string of the molecule is CN1CC(=O)N(c2ccccc2)C[C@]12CCN(C(=O)c1cc(F)cc(F)c1)C2. The summed E-state index contributed by atoms with van der Waals surface area (Å²) in [5.41, 5.74) is 0.451. The summed E-state index contributed by atoms with van der Waals surface area (Å²) in [5.74, 6) is -1.93. The number of anilines is 1. The molecule has 2 aliphatic heterocycles. The maximum atomic E-state index is 13.5. The van der Waals surface area contributed by atoms with Gasteiger partial charge in [-0.3, -0.25) is 14.5 Å². The van der Waals surface area contributed by atoms with Crippen molar-refractivity contribution in [2.24, 2.45) is 0 Å². The molecule has 146 valence electrons. The number of likely N-dealkylation sites (N-methyl/N-ethyl adjacent to an activating group) is 1. The minimum atomic E-state index is -0.770. The third kappa shape index (κ3) is 3.26. The van der Waals surface area contributed by atoms with Gasteiger partial charge in [0.05, 0.1) is 12.1 Å². The molecule has 4 rings (SSSR count). The van der Waals surface area contributed by atoms with Crippen LogP contribution < -0.4 is 4.90 Å². The summed E-state index contributed by atoms with van der Waals surface area (Å²) in [7, 11) is 1.88. The smallest absolute Gasteiger partial charge is 0.254 e. The second kappa shape index (κ2) is 6.98. The van der Waals surface area contributed by atoms with Gasteiger partial charge in [0.1, 0.15) is 11.6 Å². The van der Waals surface area contributed by atoms with Crippen LogP contribution in [0.25, 0.3) is 0 Å². The minimum absolute atomic E-state index is 0.00371. The van der Waals surface area contributed by atoms with Crippen LogP contribution in [-0.4, -0.2) is 60.4 Å². The lowest BCUT2D eigenvalue weighted by molar-refractivity contribution is -0.123. The van der Waals surface area contributed by atoms with Crippen molar-refractivity contribution in [1.29, 1.82) is 0 Å². The van der Waals surface area contributed by atoms with Gasteiger partial charge in [-0.05, 0) is 37.7 Å². The molecule has 0 bridgehead atoms. The van der Waals surface area contributed by atoms with E-state index in [0.29, 0.717) is 26.1 Å². The Labute approximate surface area is 162 Å². The van der Waals surface area contributed by atoms with E-state index in [-0.39, 0.29) is 23.6 Å². The summed E-state index contributed by atoms with van der Waals surface area (Å²) in [6, 6.07) is 12.3. The Morgan fingerprint density at radius 1 is 1.04 bits per heavy atom. The molecule has 2 fully saturated rings. The van der Waals surface area contributed by atoms with Crippen molar-refractivity contribution in [3.63, 3.8) is 0 Å². The molecule has 5 nitrogen and oxygen atoms in total. The van der Waals surface area contributed by atoms with Crippen molar-refractivity contribution >= 4 is 17.5 Å². The molecule has 1 atom stereocenters. The standard InChI is InChI=1S/C21H21F2N3O2/c1-24-12-19(27)26(18-5-3-2-4-6-18)14-21(24)7-8-25(13-21)20(28)15-9-16(22)11-17(23)10-15/h2-6,9-11H,7-8,12-14H2,1H3/t21-/m1/s1. The van der Waals surface area contributed by atoms with Gasteiger partial charge in [-0.15, -0.1) is 0 Å². The summed E-state index contributed by atoms with van der Waals surface area (Å²) in [4.78, 5) is 30.7. The molecule has 28 heavy (non-hydrogen) atoms. The van der Waals surface area contributed by atoms with Gasteiger partial charge >= 0.3 is 0 Å². The molecule has 0 aliphatic carbocycles. The summed E-state index contributed by atoms with van der Waals surface area (Å²) in [5, 5.41) is 0. The van der Waals surface area contributed by atoms with E-state index in [9.17, 15) is 18.4 Å². The lowest BCUT2D eigenvalue weighted by Gasteiger charge is -2.46. The second-order valence-corrected chi connectivity index (χ2v) is 7.53. The number of rotatable bonds is 2. The summed E-state index contributed by atoms with van der Waals surface area (Å²) >= 11 is 0. The Bertz CT molecular complexity index is 901. The van der Waals surface area contributed by atoms with Crippen molar-refractivity contribution < 1.29 is 18.4 Å². The number of halogens is 2. The van der Waals surface area contributed by atoms with Crippen LogP contribution in [-0.2, 0) is 4.79 Å². The van der Waals surface area contributed by atoms with Crippen LogP contribution in [0.2, 0.25) is 0 Å². The van der Waals surface area contributed by atoms with E-state index in [1.807, 2.05) is 42.3 Å². The van der Waals surface area contributed by atoms with Crippen LogP contribution >= 0.6 is 0 Å². The Morgan fingerprint density at radius 3 is 2.39 bits per heavy atom. The van der Waals surface area contributed by atoms with E-state index >= 15 is 0 Å². The van der Waals surface area contributed by atoms with Crippen LogP contribution in [0, 0.1) is 11.6 Å². The fraction of sp³-hybridized carbons (Fsp3) is 0.333. The van der Waals surface area contributed by atoms with E-state index < -0.39 is 17.5 Å². The molecule has 2 aromatic rings. The van der Waals surface area contributed by atoms with E-state index in [1.54, 1.807) is 9.80 Å². The third-order valence-electron chi connectivity index (χ3n) is 5.73. The molecule has 0 radical (unpaired) electrons. The van der Waals surface area contributed by atoms with Gasteiger partial charge in [-0.2, -0.15) is 0 Å². The molecule has 0 saturated carbocycles. The number of nitrogens with zero attached hydrogens (tertiary/aromatic N) is 3. The van der Waals surface area contributed by atoms with Crippen molar-refractivity contribution in [2.75, 3.05) is 38.1 Å². The van der Waals surface area contributed by atoms with Crippen molar-refractivity contribution in [3.05, 3.63) is 65.7 Å². The van der Waals surface area contributed by atoms with Gasteiger partial charge < -0.3 is 9.80 Å². The minimum Gasteiger partial charge on any atom is -0.337 e. The summed E-state index contributed by atoms with van der Waals surface area (Å²) < 4.78 is 27.0. The predicted molar refractivity (Wildman–Crippen MR) is 101 cm³/mol. The average molecular weight is 385 g/mol. The zero-order valence-electron chi connectivity index (χ0n) is 15.6. The number of likely N-dealkylation sites (tertiary alicyclic amines) is 1. The number of amides is 2. The van der Waals surface area contributed by atoms with Gasteiger partial charge in [-0.25, -0.2) is 8.78 Å². The van der Waals surface area contributed by atoms with Crippen LogP contribution in [0.4, 0.5) is 14.5 Å². The fourth-order valence-corrected chi connectivity index (χ4v) is 4.13. The molecule has 2 amide bonds. The number of benzene rings is 2. The highest BCUT2D eigenvalue weighted by atomic mass is 19.1. The first kappa shape index (κ1) is 18.6. The molecule has 2 saturated heterocycles. The van der Waals surface area contributed by atoms with Crippen molar-refractivity contribution in [1.82, 2.24) is 9.80 Å². The summed E-state index contributed by atoms with van der Waals surface area (Å²) in [6.07, 6.45) is 0.684.